The molecule has 1 saturated heterocycles. The predicted molar refractivity (Wildman–Crippen MR) is 126 cm³/mol. The Bertz CT molecular complexity index is 1210. The average molecular weight is 442 g/mol. The third-order valence-electron chi connectivity index (χ3n) is 6.57. The zero-order chi connectivity index (χ0) is 23.2. The normalized spacial score (nSPS) is 19.5. The highest BCUT2D eigenvalue weighted by Crippen LogP contribution is 2.43. The zero-order valence-electron chi connectivity index (χ0n) is 19.1. The molecule has 0 bridgehead atoms. The lowest BCUT2D eigenvalue weighted by atomic mass is 9.91. The maximum absolute atomic E-state index is 13.4. The molecule has 1 atom stereocenters. The Morgan fingerprint density at radius 3 is 2.30 bits per heavy atom. The second-order valence-corrected chi connectivity index (χ2v) is 9.41. The number of fused-ring (bicyclic) bond motifs is 2. The van der Waals surface area contributed by atoms with Crippen molar-refractivity contribution in [2.24, 2.45) is 0 Å². The Labute approximate surface area is 193 Å². The second kappa shape index (κ2) is 7.77. The number of carbonyl (C=O) groups is 2. The molecule has 2 heterocycles. The van der Waals surface area contributed by atoms with E-state index in [-0.39, 0.29) is 11.9 Å². The summed E-state index contributed by atoms with van der Waals surface area (Å²) in [4.78, 5) is 27.5. The van der Waals surface area contributed by atoms with Crippen molar-refractivity contribution in [2.75, 3.05) is 13.1 Å². The van der Waals surface area contributed by atoms with Gasteiger partial charge >= 0.3 is 5.97 Å². The SMILES string of the molecule is Cc1ccc(-c2ccc(OC(C)(C)C(=O)N3CCC4(C3)OC(=O)c3ccccc34)cc2)cc1. The third kappa shape index (κ3) is 3.78. The molecule has 33 heavy (non-hydrogen) atoms. The van der Waals surface area contributed by atoms with E-state index in [1.807, 2.05) is 42.5 Å². The molecule has 3 aromatic rings. The maximum Gasteiger partial charge on any atom is 0.339 e. The summed E-state index contributed by atoms with van der Waals surface area (Å²) in [6, 6.07) is 23.6. The molecule has 5 nitrogen and oxygen atoms in total. The Morgan fingerprint density at radius 2 is 1.61 bits per heavy atom. The molecular formula is C28H27NO4. The van der Waals surface area contributed by atoms with Gasteiger partial charge in [-0.15, -0.1) is 0 Å². The Morgan fingerprint density at radius 1 is 0.970 bits per heavy atom. The van der Waals surface area contributed by atoms with Gasteiger partial charge in [0.15, 0.2) is 11.2 Å². The number of ether oxygens (including phenoxy) is 2. The number of nitrogens with zero attached hydrogens (tertiary/aromatic N) is 1. The first-order chi connectivity index (χ1) is 15.8. The lowest BCUT2D eigenvalue weighted by molar-refractivity contribution is -0.145. The van der Waals surface area contributed by atoms with E-state index in [1.54, 1.807) is 24.8 Å². The number of carbonyl (C=O) groups excluding carboxylic acids is 2. The summed E-state index contributed by atoms with van der Waals surface area (Å²) in [5.74, 6) is 0.197. The molecule has 5 rings (SSSR count). The highest BCUT2D eigenvalue weighted by atomic mass is 16.6. The number of esters is 1. The fraction of sp³-hybridized carbons (Fsp3) is 0.286. The summed E-state index contributed by atoms with van der Waals surface area (Å²) in [6.07, 6.45) is 0.586. The van der Waals surface area contributed by atoms with E-state index in [0.717, 1.165) is 16.7 Å². The smallest absolute Gasteiger partial charge is 0.339 e. The Kier molecular flexibility index (Phi) is 5.00. The van der Waals surface area contributed by atoms with Gasteiger partial charge in [0, 0.05) is 18.5 Å². The quantitative estimate of drug-likeness (QED) is 0.528. The predicted octanol–water partition coefficient (Wildman–Crippen LogP) is 5.12. The molecule has 1 fully saturated rings. The van der Waals surface area contributed by atoms with Crippen molar-refractivity contribution in [2.45, 2.75) is 38.4 Å². The van der Waals surface area contributed by atoms with Crippen LogP contribution in [0, 0.1) is 6.92 Å². The van der Waals surface area contributed by atoms with E-state index < -0.39 is 11.2 Å². The van der Waals surface area contributed by atoms with E-state index in [0.29, 0.717) is 30.8 Å². The highest BCUT2D eigenvalue weighted by molar-refractivity contribution is 5.95. The van der Waals surface area contributed by atoms with Crippen LogP contribution in [0.1, 0.15) is 41.8 Å². The molecule has 0 N–H and O–H groups in total. The highest BCUT2D eigenvalue weighted by Gasteiger charge is 2.52. The number of benzene rings is 3. The molecule has 2 aliphatic heterocycles. The van der Waals surface area contributed by atoms with Gasteiger partial charge in [-0.05, 0) is 50.1 Å². The van der Waals surface area contributed by atoms with Gasteiger partial charge in [0.1, 0.15) is 5.75 Å². The topological polar surface area (TPSA) is 55.8 Å². The average Bonchev–Trinajstić information content (AvgIpc) is 3.35. The minimum atomic E-state index is -1.06. The summed E-state index contributed by atoms with van der Waals surface area (Å²) in [7, 11) is 0. The lowest BCUT2D eigenvalue weighted by Gasteiger charge is -2.31. The fourth-order valence-electron chi connectivity index (χ4n) is 4.78. The van der Waals surface area contributed by atoms with Crippen molar-refractivity contribution in [1.82, 2.24) is 4.90 Å². The fourth-order valence-corrected chi connectivity index (χ4v) is 4.78. The number of amides is 1. The van der Waals surface area contributed by atoms with Crippen LogP contribution in [0.25, 0.3) is 11.1 Å². The largest absolute Gasteiger partial charge is 0.478 e. The van der Waals surface area contributed by atoms with E-state index in [1.165, 1.54) is 5.56 Å². The first-order valence-electron chi connectivity index (χ1n) is 11.3. The van der Waals surface area contributed by atoms with E-state index >= 15 is 0 Å². The summed E-state index contributed by atoms with van der Waals surface area (Å²) in [6.45, 7) is 6.48. The van der Waals surface area contributed by atoms with Gasteiger partial charge in [0.2, 0.25) is 0 Å². The molecule has 1 amide bonds. The van der Waals surface area contributed by atoms with Crippen molar-refractivity contribution in [3.8, 4) is 16.9 Å². The molecule has 2 aliphatic rings. The summed E-state index contributed by atoms with van der Waals surface area (Å²) in [5, 5.41) is 0. The Balaban J connectivity index is 1.29. The van der Waals surface area contributed by atoms with Crippen LogP contribution in [0.4, 0.5) is 0 Å². The van der Waals surface area contributed by atoms with Crippen LogP contribution in [0.5, 0.6) is 5.75 Å². The van der Waals surface area contributed by atoms with Crippen LogP contribution in [-0.4, -0.2) is 35.5 Å². The number of hydrogen-bond donors (Lipinski definition) is 0. The summed E-state index contributed by atoms with van der Waals surface area (Å²) >= 11 is 0. The van der Waals surface area contributed by atoms with Crippen LogP contribution in [-0.2, 0) is 15.1 Å². The second-order valence-electron chi connectivity index (χ2n) is 9.41. The zero-order valence-corrected chi connectivity index (χ0v) is 19.1. The molecule has 0 radical (unpaired) electrons. The van der Waals surface area contributed by atoms with Gasteiger partial charge in [-0.25, -0.2) is 4.79 Å². The van der Waals surface area contributed by atoms with E-state index in [4.69, 9.17) is 9.47 Å². The van der Waals surface area contributed by atoms with Gasteiger partial charge < -0.3 is 14.4 Å². The number of aryl methyl sites for hydroxylation is 1. The lowest BCUT2D eigenvalue weighted by Crippen LogP contribution is -2.49. The molecule has 1 spiro atoms. The molecule has 3 aromatic carbocycles. The van der Waals surface area contributed by atoms with Crippen LogP contribution in [0.15, 0.2) is 72.8 Å². The molecule has 5 heteroatoms. The van der Waals surface area contributed by atoms with Gasteiger partial charge in [0.25, 0.3) is 5.91 Å². The van der Waals surface area contributed by atoms with Crippen molar-refractivity contribution in [3.63, 3.8) is 0 Å². The molecule has 0 saturated carbocycles. The Hall–Kier alpha value is -3.60. The van der Waals surface area contributed by atoms with Gasteiger partial charge in [0.05, 0.1) is 12.1 Å². The van der Waals surface area contributed by atoms with Crippen LogP contribution in [0.2, 0.25) is 0 Å². The number of likely N-dealkylation sites (tertiary alicyclic amines) is 1. The van der Waals surface area contributed by atoms with E-state index in [9.17, 15) is 9.59 Å². The number of rotatable bonds is 4. The molecule has 168 valence electrons. The van der Waals surface area contributed by atoms with Crippen molar-refractivity contribution in [3.05, 3.63) is 89.5 Å². The maximum atomic E-state index is 13.4. The first-order valence-corrected chi connectivity index (χ1v) is 11.3. The number of hydrogen-bond acceptors (Lipinski definition) is 4. The van der Waals surface area contributed by atoms with Crippen LogP contribution >= 0.6 is 0 Å². The molecule has 0 aliphatic carbocycles. The summed E-state index contributed by atoms with van der Waals surface area (Å²) < 4.78 is 11.9. The molecular weight excluding hydrogens is 414 g/mol. The standard InChI is InChI=1S/C28H27NO4/c1-19-8-10-20(11-9-19)21-12-14-22(15-13-21)32-27(2,3)26(31)29-17-16-28(18-29)24-7-5-4-6-23(24)25(30)33-28/h4-15H,16-18H2,1-3H3. The third-order valence-corrected chi connectivity index (χ3v) is 6.57. The van der Waals surface area contributed by atoms with Crippen molar-refractivity contribution in [1.29, 1.82) is 0 Å². The molecule has 1 unspecified atom stereocenters. The summed E-state index contributed by atoms with van der Waals surface area (Å²) in [5.41, 5.74) is 3.10. The minimum Gasteiger partial charge on any atom is -0.478 e. The van der Waals surface area contributed by atoms with Crippen molar-refractivity contribution < 1.29 is 19.1 Å². The first kappa shape index (κ1) is 21.3. The van der Waals surface area contributed by atoms with Crippen LogP contribution in [0.3, 0.4) is 0 Å². The van der Waals surface area contributed by atoms with Gasteiger partial charge in [-0.1, -0.05) is 60.2 Å². The van der Waals surface area contributed by atoms with Crippen LogP contribution < -0.4 is 4.74 Å². The van der Waals surface area contributed by atoms with Crippen molar-refractivity contribution >= 4 is 11.9 Å². The minimum absolute atomic E-state index is 0.123. The van der Waals surface area contributed by atoms with Gasteiger partial charge in [-0.2, -0.15) is 0 Å². The monoisotopic (exact) mass is 441 g/mol. The molecule has 0 aromatic heterocycles. The van der Waals surface area contributed by atoms with Gasteiger partial charge in [-0.3, -0.25) is 4.79 Å². The van der Waals surface area contributed by atoms with E-state index in [2.05, 4.69) is 31.2 Å².